The van der Waals surface area contributed by atoms with Gasteiger partial charge in [-0.2, -0.15) is 0 Å². The smallest absolute Gasteiger partial charge is 0.238 e. The molecule has 0 aromatic carbocycles. The van der Waals surface area contributed by atoms with Gasteiger partial charge in [-0.1, -0.05) is 0 Å². The number of pyridine rings is 1. The first-order valence-corrected chi connectivity index (χ1v) is 5.84. The summed E-state index contributed by atoms with van der Waals surface area (Å²) in [5, 5.41) is 6.15. The third kappa shape index (κ3) is 3.51. The molecule has 0 radical (unpaired) electrons. The molecule has 1 fully saturated rings. The highest BCUT2D eigenvalue weighted by molar-refractivity contribution is 5.82. The lowest BCUT2D eigenvalue weighted by molar-refractivity contribution is -0.124. The van der Waals surface area contributed by atoms with E-state index in [2.05, 4.69) is 20.5 Å². The number of hydrogen-bond acceptors (Lipinski definition) is 4. The molecule has 0 aliphatic carbocycles. The van der Waals surface area contributed by atoms with E-state index in [4.69, 9.17) is 0 Å². The van der Waals surface area contributed by atoms with Gasteiger partial charge in [-0.3, -0.25) is 9.78 Å². The molecule has 1 aliphatic heterocycles. The van der Waals surface area contributed by atoms with Gasteiger partial charge in [0, 0.05) is 38.6 Å². The van der Waals surface area contributed by atoms with Crippen LogP contribution in [-0.2, 0) is 11.3 Å². The number of likely N-dealkylation sites (N-methyl/N-ethyl adjacent to an activating group) is 1. The summed E-state index contributed by atoms with van der Waals surface area (Å²) in [6.45, 7) is 3.18. The van der Waals surface area contributed by atoms with Crippen LogP contribution in [0.4, 0.5) is 0 Å². The Kier molecular flexibility index (Phi) is 4.06. The third-order valence-corrected chi connectivity index (χ3v) is 2.91. The number of carbonyl (C=O) groups is 1. The largest absolute Gasteiger partial charge is 0.351 e. The van der Waals surface area contributed by atoms with Crippen molar-refractivity contribution in [2.45, 2.75) is 12.6 Å². The molecule has 2 heterocycles. The van der Waals surface area contributed by atoms with Gasteiger partial charge in [-0.15, -0.1) is 0 Å². The molecule has 1 amide bonds. The standard InChI is InChI=1S/C12H18N4O/c1-16-7-6-14-11(9-16)12(17)15-8-10-2-4-13-5-3-10/h2-5,11,14H,6-9H2,1H3,(H,15,17). The van der Waals surface area contributed by atoms with Crippen LogP contribution < -0.4 is 10.6 Å². The molecule has 0 saturated carbocycles. The Morgan fingerprint density at radius 2 is 2.35 bits per heavy atom. The summed E-state index contributed by atoms with van der Waals surface area (Å²) in [6.07, 6.45) is 3.46. The Labute approximate surface area is 101 Å². The molecule has 1 aromatic heterocycles. The van der Waals surface area contributed by atoms with Crippen molar-refractivity contribution in [3.05, 3.63) is 30.1 Å². The van der Waals surface area contributed by atoms with Gasteiger partial charge >= 0.3 is 0 Å². The Balaban J connectivity index is 1.81. The van der Waals surface area contributed by atoms with E-state index in [1.807, 2.05) is 19.2 Å². The van der Waals surface area contributed by atoms with Crippen LogP contribution in [0.15, 0.2) is 24.5 Å². The SMILES string of the molecule is CN1CCNC(C(=O)NCc2ccncc2)C1. The van der Waals surface area contributed by atoms with Crippen LogP contribution >= 0.6 is 0 Å². The fraction of sp³-hybridized carbons (Fsp3) is 0.500. The minimum Gasteiger partial charge on any atom is -0.351 e. The van der Waals surface area contributed by atoms with Gasteiger partial charge in [0.25, 0.3) is 0 Å². The van der Waals surface area contributed by atoms with Crippen molar-refractivity contribution in [3.8, 4) is 0 Å². The van der Waals surface area contributed by atoms with E-state index in [9.17, 15) is 4.79 Å². The predicted molar refractivity (Wildman–Crippen MR) is 65.4 cm³/mol. The average molecular weight is 234 g/mol. The monoisotopic (exact) mass is 234 g/mol. The molecule has 92 valence electrons. The molecule has 1 unspecified atom stereocenters. The summed E-state index contributed by atoms with van der Waals surface area (Å²) < 4.78 is 0. The Morgan fingerprint density at radius 3 is 3.06 bits per heavy atom. The number of hydrogen-bond donors (Lipinski definition) is 2. The van der Waals surface area contributed by atoms with Crippen molar-refractivity contribution in [1.29, 1.82) is 0 Å². The van der Waals surface area contributed by atoms with Crippen LogP contribution in [0.5, 0.6) is 0 Å². The second kappa shape index (κ2) is 5.75. The van der Waals surface area contributed by atoms with E-state index in [0.717, 1.165) is 25.2 Å². The zero-order valence-corrected chi connectivity index (χ0v) is 10.0. The van der Waals surface area contributed by atoms with Gasteiger partial charge in [0.05, 0.1) is 6.04 Å². The molecule has 0 spiro atoms. The lowest BCUT2D eigenvalue weighted by Gasteiger charge is -2.29. The zero-order valence-electron chi connectivity index (χ0n) is 10.0. The second-order valence-corrected chi connectivity index (χ2v) is 4.34. The lowest BCUT2D eigenvalue weighted by Crippen LogP contribution is -2.55. The van der Waals surface area contributed by atoms with E-state index >= 15 is 0 Å². The summed E-state index contributed by atoms with van der Waals surface area (Å²) >= 11 is 0. The van der Waals surface area contributed by atoms with Gasteiger partial charge in [-0.25, -0.2) is 0 Å². The molecule has 5 nitrogen and oxygen atoms in total. The first-order chi connectivity index (χ1) is 8.25. The van der Waals surface area contributed by atoms with E-state index < -0.39 is 0 Å². The van der Waals surface area contributed by atoms with Gasteiger partial charge in [0.2, 0.25) is 5.91 Å². The molecule has 1 atom stereocenters. The Bertz CT molecular complexity index is 368. The molecular weight excluding hydrogens is 216 g/mol. The number of nitrogens with zero attached hydrogens (tertiary/aromatic N) is 2. The van der Waals surface area contributed by atoms with Crippen LogP contribution in [0.25, 0.3) is 0 Å². The van der Waals surface area contributed by atoms with Crippen molar-refractivity contribution in [2.75, 3.05) is 26.7 Å². The van der Waals surface area contributed by atoms with Gasteiger partial charge < -0.3 is 15.5 Å². The summed E-state index contributed by atoms with van der Waals surface area (Å²) in [7, 11) is 2.03. The Morgan fingerprint density at radius 1 is 1.59 bits per heavy atom. The van der Waals surface area contributed by atoms with E-state index in [-0.39, 0.29) is 11.9 Å². The first kappa shape index (κ1) is 12.0. The zero-order chi connectivity index (χ0) is 12.1. The van der Waals surface area contributed by atoms with E-state index in [1.54, 1.807) is 12.4 Å². The molecule has 17 heavy (non-hydrogen) atoms. The minimum absolute atomic E-state index is 0.0633. The maximum atomic E-state index is 11.9. The van der Waals surface area contributed by atoms with Crippen molar-refractivity contribution < 1.29 is 4.79 Å². The number of amides is 1. The number of aromatic nitrogens is 1. The molecule has 5 heteroatoms. The molecule has 2 rings (SSSR count). The number of carbonyl (C=O) groups excluding carboxylic acids is 1. The van der Waals surface area contributed by atoms with Crippen LogP contribution in [0.1, 0.15) is 5.56 Å². The third-order valence-electron chi connectivity index (χ3n) is 2.91. The maximum absolute atomic E-state index is 11.9. The predicted octanol–water partition coefficient (Wildman–Crippen LogP) is -0.399. The normalized spacial score (nSPS) is 21.1. The fourth-order valence-electron chi connectivity index (χ4n) is 1.89. The highest BCUT2D eigenvalue weighted by Crippen LogP contribution is 1.98. The van der Waals surface area contributed by atoms with Gasteiger partial charge in [0.1, 0.15) is 0 Å². The van der Waals surface area contributed by atoms with Crippen molar-refractivity contribution >= 4 is 5.91 Å². The molecular formula is C12H18N4O. The van der Waals surface area contributed by atoms with E-state index in [0.29, 0.717) is 6.54 Å². The second-order valence-electron chi connectivity index (χ2n) is 4.34. The summed E-state index contributed by atoms with van der Waals surface area (Å²) in [6, 6.07) is 3.71. The highest BCUT2D eigenvalue weighted by atomic mass is 16.2. The van der Waals surface area contributed by atoms with Gasteiger partial charge in [-0.05, 0) is 24.7 Å². The maximum Gasteiger partial charge on any atom is 0.238 e. The minimum atomic E-state index is -0.101. The summed E-state index contributed by atoms with van der Waals surface area (Å²) in [5.41, 5.74) is 1.07. The highest BCUT2D eigenvalue weighted by Gasteiger charge is 2.22. The first-order valence-electron chi connectivity index (χ1n) is 5.84. The average Bonchev–Trinajstić information content (AvgIpc) is 2.37. The Hall–Kier alpha value is -1.46. The van der Waals surface area contributed by atoms with Gasteiger partial charge in [0.15, 0.2) is 0 Å². The van der Waals surface area contributed by atoms with Crippen molar-refractivity contribution in [2.24, 2.45) is 0 Å². The number of nitrogens with one attached hydrogen (secondary N) is 2. The lowest BCUT2D eigenvalue weighted by atomic mass is 10.2. The van der Waals surface area contributed by atoms with Crippen molar-refractivity contribution in [3.63, 3.8) is 0 Å². The van der Waals surface area contributed by atoms with Crippen LogP contribution in [-0.4, -0.2) is 48.5 Å². The topological polar surface area (TPSA) is 57.3 Å². The molecule has 1 saturated heterocycles. The summed E-state index contributed by atoms with van der Waals surface area (Å²) in [5.74, 6) is 0.0633. The van der Waals surface area contributed by atoms with Crippen molar-refractivity contribution in [1.82, 2.24) is 20.5 Å². The molecule has 1 aromatic rings. The number of rotatable bonds is 3. The molecule has 0 bridgehead atoms. The molecule has 2 N–H and O–H groups in total. The quantitative estimate of drug-likeness (QED) is 0.747. The fourth-order valence-corrected chi connectivity index (χ4v) is 1.89. The van der Waals surface area contributed by atoms with Crippen LogP contribution in [0, 0.1) is 0 Å². The number of piperazine rings is 1. The van der Waals surface area contributed by atoms with Crippen LogP contribution in [0.3, 0.4) is 0 Å². The molecule has 1 aliphatic rings. The van der Waals surface area contributed by atoms with E-state index in [1.165, 1.54) is 0 Å². The van der Waals surface area contributed by atoms with Crippen LogP contribution in [0.2, 0.25) is 0 Å². The summed E-state index contributed by atoms with van der Waals surface area (Å²) in [4.78, 5) is 18.0.